The molecule has 0 saturated carbocycles. The second-order valence-corrected chi connectivity index (χ2v) is 7.60. The maximum absolute atomic E-state index is 12.7. The summed E-state index contributed by atoms with van der Waals surface area (Å²) < 4.78 is 5.91. The number of amides is 1. The minimum Gasteiger partial charge on any atom is -0.420 e. The van der Waals surface area contributed by atoms with Gasteiger partial charge in [0.25, 0.3) is 11.8 Å². The molecule has 1 fully saturated rings. The Morgan fingerprint density at radius 3 is 2.80 bits per heavy atom. The van der Waals surface area contributed by atoms with Crippen LogP contribution in [0.5, 0.6) is 0 Å². The fraction of sp³-hybridized carbons (Fsp3) is 0.316. The summed E-state index contributed by atoms with van der Waals surface area (Å²) in [5.41, 5.74) is 0.725. The molecule has 3 aromatic rings. The number of carbonyl (C=O) groups excluding carboxylic acids is 1. The lowest BCUT2D eigenvalue weighted by Gasteiger charge is -2.31. The number of carbonyl (C=O) groups is 1. The maximum Gasteiger partial charge on any atom is 0.257 e. The Morgan fingerprint density at radius 2 is 2.04 bits per heavy atom. The third-order valence-corrected chi connectivity index (χ3v) is 5.46. The summed E-state index contributed by atoms with van der Waals surface area (Å²) in [6.07, 6.45) is 1.91. The van der Waals surface area contributed by atoms with Crippen molar-refractivity contribution in [2.75, 3.05) is 13.1 Å². The van der Waals surface area contributed by atoms with E-state index in [0.717, 1.165) is 29.8 Å². The predicted octanol–water partition coefficient (Wildman–Crippen LogP) is 4.13. The number of rotatable bonds is 3. The van der Waals surface area contributed by atoms with Gasteiger partial charge in [-0.2, -0.15) is 0 Å². The van der Waals surface area contributed by atoms with Crippen molar-refractivity contribution < 1.29 is 9.21 Å². The van der Waals surface area contributed by atoms with Crippen molar-refractivity contribution in [3.05, 3.63) is 58.8 Å². The van der Waals surface area contributed by atoms with E-state index >= 15 is 0 Å². The summed E-state index contributed by atoms with van der Waals surface area (Å²) in [6.45, 7) is 3.45. The zero-order valence-corrected chi connectivity index (χ0v) is 14.8. The Kier molecular flexibility index (Phi) is 4.36. The molecule has 3 heterocycles. The smallest absolute Gasteiger partial charge is 0.257 e. The standard InChI is InChI=1S/C19H19N3O2S/c1-13-9-10-16(25-13)18-21-20-17(24-18)15-8-5-11-22(12-15)19(23)14-6-3-2-4-7-14/h2-4,6-7,9-10,15H,5,8,11-12H2,1H3/t15-/m1/s1. The highest BCUT2D eigenvalue weighted by atomic mass is 32.1. The van der Waals surface area contributed by atoms with E-state index in [0.29, 0.717) is 18.3 Å². The van der Waals surface area contributed by atoms with Gasteiger partial charge in [0.05, 0.1) is 10.8 Å². The number of likely N-dealkylation sites (tertiary alicyclic amines) is 1. The topological polar surface area (TPSA) is 59.2 Å². The molecule has 2 aromatic heterocycles. The van der Waals surface area contributed by atoms with Gasteiger partial charge in [-0.1, -0.05) is 18.2 Å². The third kappa shape index (κ3) is 3.35. The van der Waals surface area contributed by atoms with Crippen LogP contribution in [0.2, 0.25) is 0 Å². The second kappa shape index (κ2) is 6.80. The quantitative estimate of drug-likeness (QED) is 0.710. The number of nitrogens with zero attached hydrogens (tertiary/aromatic N) is 3. The van der Waals surface area contributed by atoms with E-state index in [4.69, 9.17) is 4.42 Å². The number of thiophene rings is 1. The molecule has 1 aromatic carbocycles. The Bertz CT molecular complexity index is 872. The van der Waals surface area contributed by atoms with Gasteiger partial charge in [0.2, 0.25) is 5.89 Å². The van der Waals surface area contributed by atoms with Gasteiger partial charge in [-0.15, -0.1) is 21.5 Å². The molecule has 0 aliphatic carbocycles. The fourth-order valence-electron chi connectivity index (χ4n) is 3.18. The summed E-state index contributed by atoms with van der Waals surface area (Å²) >= 11 is 1.64. The highest BCUT2D eigenvalue weighted by molar-refractivity contribution is 7.15. The van der Waals surface area contributed by atoms with E-state index in [1.807, 2.05) is 47.4 Å². The molecule has 1 atom stereocenters. The largest absolute Gasteiger partial charge is 0.420 e. The van der Waals surface area contributed by atoms with Crippen molar-refractivity contribution in [1.82, 2.24) is 15.1 Å². The monoisotopic (exact) mass is 353 g/mol. The molecule has 6 heteroatoms. The Morgan fingerprint density at radius 1 is 1.20 bits per heavy atom. The van der Waals surface area contributed by atoms with Crippen LogP contribution in [-0.4, -0.2) is 34.1 Å². The fourth-order valence-corrected chi connectivity index (χ4v) is 3.96. The lowest BCUT2D eigenvalue weighted by molar-refractivity contribution is 0.0698. The Labute approximate surface area is 150 Å². The van der Waals surface area contributed by atoms with E-state index < -0.39 is 0 Å². The molecule has 128 valence electrons. The SMILES string of the molecule is Cc1ccc(-c2nnc([C@@H]3CCCN(C(=O)c4ccccc4)C3)o2)s1. The van der Waals surface area contributed by atoms with Gasteiger partial charge >= 0.3 is 0 Å². The van der Waals surface area contributed by atoms with E-state index in [1.165, 1.54) is 4.88 Å². The predicted molar refractivity (Wildman–Crippen MR) is 96.7 cm³/mol. The van der Waals surface area contributed by atoms with Crippen molar-refractivity contribution in [2.24, 2.45) is 0 Å². The van der Waals surface area contributed by atoms with Crippen LogP contribution in [0.1, 0.15) is 39.9 Å². The molecule has 0 spiro atoms. The van der Waals surface area contributed by atoms with Gasteiger partial charge < -0.3 is 9.32 Å². The van der Waals surface area contributed by atoms with Crippen LogP contribution in [0.25, 0.3) is 10.8 Å². The number of benzene rings is 1. The van der Waals surface area contributed by atoms with E-state index in [9.17, 15) is 4.79 Å². The summed E-state index contributed by atoms with van der Waals surface area (Å²) in [5, 5.41) is 8.44. The highest BCUT2D eigenvalue weighted by Crippen LogP contribution is 2.31. The van der Waals surface area contributed by atoms with Gasteiger partial charge in [-0.05, 0) is 44.0 Å². The Balaban J connectivity index is 1.50. The van der Waals surface area contributed by atoms with E-state index in [-0.39, 0.29) is 11.8 Å². The summed E-state index contributed by atoms with van der Waals surface area (Å²) in [5.74, 6) is 1.37. The van der Waals surface area contributed by atoms with E-state index in [1.54, 1.807) is 11.3 Å². The average Bonchev–Trinajstić information content (AvgIpc) is 3.31. The van der Waals surface area contributed by atoms with Crippen molar-refractivity contribution in [3.63, 3.8) is 0 Å². The zero-order chi connectivity index (χ0) is 17.2. The molecule has 0 unspecified atom stereocenters. The first kappa shape index (κ1) is 16.0. The van der Waals surface area contributed by atoms with Gasteiger partial charge in [0.1, 0.15) is 0 Å². The summed E-state index contributed by atoms with van der Waals surface area (Å²) in [6, 6.07) is 13.5. The van der Waals surface area contributed by atoms with Gasteiger partial charge in [0, 0.05) is 23.5 Å². The zero-order valence-electron chi connectivity index (χ0n) is 14.0. The Hall–Kier alpha value is -2.47. The highest BCUT2D eigenvalue weighted by Gasteiger charge is 2.29. The molecule has 5 nitrogen and oxygen atoms in total. The molecule has 1 aliphatic rings. The molecule has 1 amide bonds. The van der Waals surface area contributed by atoms with Crippen LogP contribution in [0.3, 0.4) is 0 Å². The van der Waals surface area contributed by atoms with Gasteiger partial charge in [-0.3, -0.25) is 4.79 Å². The third-order valence-electron chi connectivity index (χ3n) is 4.47. The van der Waals surface area contributed by atoms with E-state index in [2.05, 4.69) is 17.1 Å². The first-order valence-corrected chi connectivity index (χ1v) is 9.27. The minimum atomic E-state index is 0.0684. The molecule has 0 radical (unpaired) electrons. The van der Waals surface area contributed by atoms with Crippen LogP contribution in [-0.2, 0) is 0 Å². The van der Waals surface area contributed by atoms with Crippen molar-refractivity contribution in [2.45, 2.75) is 25.7 Å². The molecule has 1 aliphatic heterocycles. The molecular weight excluding hydrogens is 334 g/mol. The molecule has 0 bridgehead atoms. The normalized spacial score (nSPS) is 17.6. The van der Waals surface area contributed by atoms with Gasteiger partial charge in [0.15, 0.2) is 0 Å². The van der Waals surface area contributed by atoms with Crippen molar-refractivity contribution in [1.29, 1.82) is 0 Å². The molecule has 0 N–H and O–H groups in total. The minimum absolute atomic E-state index is 0.0684. The number of aryl methyl sites for hydroxylation is 1. The maximum atomic E-state index is 12.7. The first-order valence-electron chi connectivity index (χ1n) is 8.45. The average molecular weight is 353 g/mol. The van der Waals surface area contributed by atoms with Crippen LogP contribution in [0, 0.1) is 6.92 Å². The van der Waals surface area contributed by atoms with Crippen molar-refractivity contribution >= 4 is 17.2 Å². The lowest BCUT2D eigenvalue weighted by atomic mass is 9.97. The van der Waals surface area contributed by atoms with Crippen LogP contribution >= 0.6 is 11.3 Å². The number of hydrogen-bond acceptors (Lipinski definition) is 5. The number of aromatic nitrogens is 2. The van der Waals surface area contributed by atoms with Crippen LogP contribution in [0.4, 0.5) is 0 Å². The molecule has 1 saturated heterocycles. The summed E-state index contributed by atoms with van der Waals surface area (Å²) in [4.78, 5) is 16.8. The number of piperidine rings is 1. The molecular formula is C19H19N3O2S. The second-order valence-electron chi connectivity index (χ2n) is 6.31. The van der Waals surface area contributed by atoms with Crippen LogP contribution in [0.15, 0.2) is 46.9 Å². The molecule has 25 heavy (non-hydrogen) atoms. The van der Waals surface area contributed by atoms with Gasteiger partial charge in [-0.25, -0.2) is 0 Å². The summed E-state index contributed by atoms with van der Waals surface area (Å²) in [7, 11) is 0. The first-order chi connectivity index (χ1) is 12.2. The molecule has 4 rings (SSSR count). The number of hydrogen-bond donors (Lipinski definition) is 0. The van der Waals surface area contributed by atoms with Crippen LogP contribution < -0.4 is 0 Å². The lowest BCUT2D eigenvalue weighted by Crippen LogP contribution is -2.39. The van der Waals surface area contributed by atoms with Crippen molar-refractivity contribution in [3.8, 4) is 10.8 Å².